The highest BCUT2D eigenvalue weighted by Gasteiger charge is 2.39. The van der Waals surface area contributed by atoms with Crippen molar-refractivity contribution in [3.05, 3.63) is 0 Å². The zero-order chi connectivity index (χ0) is 17.5. The molecule has 0 aromatic carbocycles. The fourth-order valence-corrected chi connectivity index (χ4v) is 4.60. The lowest BCUT2D eigenvalue weighted by molar-refractivity contribution is -0.127. The molecule has 2 rings (SSSR count). The van der Waals surface area contributed by atoms with E-state index in [1.165, 1.54) is 32.1 Å². The Hall–Kier alpha value is -0.610. The molecule has 2 aliphatic rings. The minimum absolute atomic E-state index is 0.0441. The van der Waals surface area contributed by atoms with E-state index in [4.69, 9.17) is 5.73 Å². The van der Waals surface area contributed by atoms with Gasteiger partial charge in [0.05, 0.1) is 6.10 Å². The van der Waals surface area contributed by atoms with Gasteiger partial charge >= 0.3 is 0 Å². The second kappa shape index (κ2) is 9.76. The van der Waals surface area contributed by atoms with E-state index in [0.29, 0.717) is 11.8 Å². The van der Waals surface area contributed by atoms with E-state index in [9.17, 15) is 9.90 Å². The van der Waals surface area contributed by atoms with Gasteiger partial charge < -0.3 is 16.2 Å². The van der Waals surface area contributed by atoms with E-state index in [0.717, 1.165) is 38.6 Å². The van der Waals surface area contributed by atoms with Crippen molar-refractivity contribution < 1.29 is 9.90 Å². The van der Waals surface area contributed by atoms with Gasteiger partial charge in [-0.1, -0.05) is 52.4 Å². The summed E-state index contributed by atoms with van der Waals surface area (Å²) in [4.78, 5) is 12.5. The zero-order valence-corrected chi connectivity index (χ0v) is 15.7. The molecule has 4 atom stereocenters. The molecule has 2 aliphatic carbocycles. The van der Waals surface area contributed by atoms with Crippen LogP contribution >= 0.6 is 0 Å². The summed E-state index contributed by atoms with van der Waals surface area (Å²) in [6.45, 7) is 5.07. The minimum Gasteiger partial charge on any atom is -0.391 e. The van der Waals surface area contributed by atoms with Crippen molar-refractivity contribution in [2.75, 3.05) is 6.54 Å². The Morgan fingerprint density at radius 2 is 1.83 bits per heavy atom. The summed E-state index contributed by atoms with van der Waals surface area (Å²) in [5, 5.41) is 13.8. The van der Waals surface area contributed by atoms with Crippen molar-refractivity contribution in [2.45, 2.75) is 90.2 Å². The van der Waals surface area contributed by atoms with E-state index >= 15 is 0 Å². The van der Waals surface area contributed by atoms with Gasteiger partial charge in [-0.05, 0) is 43.4 Å². The summed E-state index contributed by atoms with van der Waals surface area (Å²) in [6.07, 6.45) is 10.7. The third kappa shape index (κ3) is 5.73. The molecule has 24 heavy (non-hydrogen) atoms. The summed E-state index contributed by atoms with van der Waals surface area (Å²) in [6, 6.07) is -0.179. The summed E-state index contributed by atoms with van der Waals surface area (Å²) in [5.41, 5.74) is 6.35. The Balaban J connectivity index is 1.82. The summed E-state index contributed by atoms with van der Waals surface area (Å²) < 4.78 is 0. The molecule has 0 heterocycles. The van der Waals surface area contributed by atoms with Crippen LogP contribution in [-0.2, 0) is 4.79 Å². The van der Waals surface area contributed by atoms with Crippen LogP contribution in [-0.4, -0.2) is 29.7 Å². The maximum Gasteiger partial charge on any atom is 0.223 e. The Kier molecular flexibility index (Phi) is 8.02. The molecule has 4 heteroatoms. The molecule has 0 bridgehead atoms. The molecule has 0 aromatic heterocycles. The molecule has 4 nitrogen and oxygen atoms in total. The maximum absolute atomic E-state index is 12.5. The number of carbonyl (C=O) groups excluding carboxylic acids is 1. The van der Waals surface area contributed by atoms with E-state index in [1.807, 2.05) is 0 Å². The molecule has 4 N–H and O–H groups in total. The molecule has 1 amide bonds. The van der Waals surface area contributed by atoms with Crippen molar-refractivity contribution in [3.8, 4) is 0 Å². The van der Waals surface area contributed by atoms with Gasteiger partial charge in [-0.15, -0.1) is 0 Å². The molecular weight excluding hydrogens is 300 g/mol. The molecule has 0 spiro atoms. The molecule has 0 aromatic rings. The summed E-state index contributed by atoms with van der Waals surface area (Å²) in [7, 11) is 0. The van der Waals surface area contributed by atoms with Gasteiger partial charge in [-0.25, -0.2) is 0 Å². The van der Waals surface area contributed by atoms with Gasteiger partial charge in [-0.2, -0.15) is 0 Å². The van der Waals surface area contributed by atoms with E-state index < -0.39 is 6.10 Å². The average molecular weight is 339 g/mol. The van der Waals surface area contributed by atoms with E-state index in [-0.39, 0.29) is 23.8 Å². The van der Waals surface area contributed by atoms with Crippen LogP contribution in [0.2, 0.25) is 0 Å². The van der Waals surface area contributed by atoms with Gasteiger partial charge in [0, 0.05) is 18.5 Å². The summed E-state index contributed by atoms with van der Waals surface area (Å²) in [5.74, 6) is 1.39. The molecular formula is C20H38N2O2. The number of amides is 1. The van der Waals surface area contributed by atoms with Crippen molar-refractivity contribution >= 4 is 5.91 Å². The average Bonchev–Trinajstić information content (AvgIpc) is 3.04. The zero-order valence-electron chi connectivity index (χ0n) is 15.7. The van der Waals surface area contributed by atoms with Gasteiger partial charge in [0.1, 0.15) is 0 Å². The first-order chi connectivity index (χ1) is 11.5. The first-order valence-electron chi connectivity index (χ1n) is 10.2. The number of carbonyl (C=O) groups is 1. The lowest BCUT2D eigenvalue weighted by atomic mass is 9.80. The van der Waals surface area contributed by atoms with Crippen LogP contribution in [0.15, 0.2) is 0 Å². The fraction of sp³-hybridized carbons (Fsp3) is 0.950. The maximum atomic E-state index is 12.5. The first-order valence-corrected chi connectivity index (χ1v) is 10.2. The van der Waals surface area contributed by atoms with Crippen LogP contribution in [0.4, 0.5) is 0 Å². The Morgan fingerprint density at radius 3 is 2.50 bits per heavy atom. The molecule has 0 saturated heterocycles. The molecule has 0 radical (unpaired) electrons. The highest BCUT2D eigenvalue weighted by molar-refractivity contribution is 5.79. The van der Waals surface area contributed by atoms with Crippen molar-refractivity contribution in [2.24, 2.45) is 29.4 Å². The molecule has 2 saturated carbocycles. The van der Waals surface area contributed by atoms with Gasteiger partial charge in [0.25, 0.3) is 0 Å². The monoisotopic (exact) mass is 338 g/mol. The third-order valence-electron chi connectivity index (χ3n) is 6.13. The Labute approximate surface area is 148 Å². The predicted molar refractivity (Wildman–Crippen MR) is 98.5 cm³/mol. The number of nitrogens with one attached hydrogen (secondary N) is 1. The second-order valence-electron chi connectivity index (χ2n) is 8.57. The van der Waals surface area contributed by atoms with Crippen molar-refractivity contribution in [1.29, 1.82) is 0 Å². The minimum atomic E-state index is -0.532. The number of rotatable bonds is 8. The quantitative estimate of drug-likeness (QED) is 0.636. The van der Waals surface area contributed by atoms with Gasteiger partial charge in [0.2, 0.25) is 5.91 Å². The topological polar surface area (TPSA) is 75.3 Å². The van der Waals surface area contributed by atoms with Crippen LogP contribution in [0.3, 0.4) is 0 Å². The highest BCUT2D eigenvalue weighted by Crippen LogP contribution is 2.37. The van der Waals surface area contributed by atoms with Gasteiger partial charge in [-0.3, -0.25) is 4.79 Å². The number of aliphatic hydroxyl groups is 1. The molecule has 0 aliphatic heterocycles. The predicted octanol–water partition coefficient (Wildman–Crippen LogP) is 3.22. The smallest absolute Gasteiger partial charge is 0.223 e. The van der Waals surface area contributed by atoms with Crippen LogP contribution < -0.4 is 11.1 Å². The van der Waals surface area contributed by atoms with Crippen LogP contribution in [0.5, 0.6) is 0 Å². The lowest BCUT2D eigenvalue weighted by Crippen LogP contribution is -2.45. The number of hydrogen-bond donors (Lipinski definition) is 3. The highest BCUT2D eigenvalue weighted by atomic mass is 16.3. The second-order valence-corrected chi connectivity index (χ2v) is 8.57. The third-order valence-corrected chi connectivity index (χ3v) is 6.13. The summed E-state index contributed by atoms with van der Waals surface area (Å²) >= 11 is 0. The molecule has 4 unspecified atom stereocenters. The first kappa shape index (κ1) is 19.7. The van der Waals surface area contributed by atoms with Crippen molar-refractivity contribution in [3.63, 3.8) is 0 Å². The van der Waals surface area contributed by atoms with E-state index in [1.54, 1.807) is 0 Å². The van der Waals surface area contributed by atoms with Crippen LogP contribution in [0.25, 0.3) is 0 Å². The number of nitrogens with two attached hydrogens (primary N) is 1. The van der Waals surface area contributed by atoms with Crippen LogP contribution in [0, 0.1) is 23.7 Å². The van der Waals surface area contributed by atoms with Gasteiger partial charge in [0.15, 0.2) is 0 Å². The van der Waals surface area contributed by atoms with Crippen LogP contribution in [0.1, 0.15) is 78.1 Å². The number of aliphatic hydroxyl groups excluding tert-OH is 1. The van der Waals surface area contributed by atoms with Crippen molar-refractivity contribution in [1.82, 2.24) is 5.32 Å². The lowest BCUT2D eigenvalue weighted by Gasteiger charge is -2.32. The normalized spacial score (nSPS) is 28.0. The molecule has 2 fully saturated rings. The van der Waals surface area contributed by atoms with E-state index in [2.05, 4.69) is 19.2 Å². The SMILES string of the molecule is CC(C)CCNC(=O)C1CCCC1C(O)C(N)CC1CCCCC1. The fourth-order valence-electron chi connectivity index (χ4n) is 4.60. The standard InChI is InChI=1S/C20H38N2O2/c1-14(2)11-12-22-20(24)17-10-6-9-16(17)19(23)18(21)13-15-7-4-3-5-8-15/h14-19,23H,3-13,21H2,1-2H3,(H,22,24). The Bertz CT molecular complexity index is 380. The Morgan fingerprint density at radius 1 is 1.12 bits per heavy atom. The number of hydrogen-bond acceptors (Lipinski definition) is 3. The molecule has 140 valence electrons. The largest absolute Gasteiger partial charge is 0.391 e.